The number of hydrogen-bond acceptors (Lipinski definition) is 4. The minimum Gasteiger partial charge on any atom is -0.484 e. The number of benzene rings is 2. The Bertz CT molecular complexity index is 798. The second-order valence-electron chi connectivity index (χ2n) is 6.23. The number of rotatable bonds is 12. The number of hydrogen-bond donors (Lipinski definition) is 2. The van der Waals surface area contributed by atoms with Gasteiger partial charge in [0.1, 0.15) is 11.5 Å². The van der Waals surface area contributed by atoms with Crippen LogP contribution in [0.1, 0.15) is 11.1 Å². The maximum atomic E-state index is 11.5. The molecule has 0 aliphatic carbocycles. The maximum Gasteiger partial charge on any atom is 0.258 e. The fourth-order valence-corrected chi connectivity index (χ4v) is 2.31. The minimum absolute atomic E-state index is 0.0344. The van der Waals surface area contributed by atoms with Gasteiger partial charge < -0.3 is 20.1 Å². The van der Waals surface area contributed by atoms with Gasteiger partial charge in [-0.1, -0.05) is 48.6 Å². The van der Waals surface area contributed by atoms with E-state index in [9.17, 15) is 9.59 Å². The molecule has 2 N–H and O–H groups in total. The van der Waals surface area contributed by atoms with Gasteiger partial charge in [0.2, 0.25) is 0 Å². The van der Waals surface area contributed by atoms with Crippen molar-refractivity contribution in [3.63, 3.8) is 0 Å². The van der Waals surface area contributed by atoms with Crippen LogP contribution in [0.15, 0.2) is 73.8 Å². The van der Waals surface area contributed by atoms with Crippen LogP contribution in [0, 0.1) is 0 Å². The van der Waals surface area contributed by atoms with Crippen LogP contribution in [-0.4, -0.2) is 38.1 Å². The van der Waals surface area contributed by atoms with E-state index in [4.69, 9.17) is 9.47 Å². The Hall–Kier alpha value is -3.80. The first-order valence-electron chi connectivity index (χ1n) is 9.49. The largest absolute Gasteiger partial charge is 0.484 e. The van der Waals surface area contributed by atoms with Gasteiger partial charge in [0.15, 0.2) is 13.2 Å². The van der Waals surface area contributed by atoms with Crippen LogP contribution in [0.5, 0.6) is 11.5 Å². The third kappa shape index (κ3) is 8.48. The molecule has 6 nitrogen and oxygen atoms in total. The first-order chi connectivity index (χ1) is 14.6. The van der Waals surface area contributed by atoms with Crippen LogP contribution < -0.4 is 20.1 Å². The minimum atomic E-state index is -0.191. The Balaban J connectivity index is 1.81. The van der Waals surface area contributed by atoms with Crippen LogP contribution in [0.2, 0.25) is 0 Å². The Morgan fingerprint density at radius 2 is 1.07 bits per heavy atom. The predicted molar refractivity (Wildman–Crippen MR) is 119 cm³/mol. The van der Waals surface area contributed by atoms with Gasteiger partial charge in [-0.3, -0.25) is 9.59 Å². The molecule has 0 aromatic heterocycles. The molecule has 30 heavy (non-hydrogen) atoms. The van der Waals surface area contributed by atoms with Crippen LogP contribution in [-0.2, 0) is 9.59 Å². The van der Waals surface area contributed by atoms with Crippen molar-refractivity contribution in [2.75, 3.05) is 26.3 Å². The number of nitrogens with one attached hydrogen (secondary N) is 2. The summed E-state index contributed by atoms with van der Waals surface area (Å²) >= 11 is 0. The number of carbonyl (C=O) groups excluding carboxylic acids is 2. The average molecular weight is 406 g/mol. The lowest BCUT2D eigenvalue weighted by Crippen LogP contribution is -2.28. The van der Waals surface area contributed by atoms with E-state index >= 15 is 0 Å². The average Bonchev–Trinajstić information content (AvgIpc) is 2.78. The van der Waals surface area contributed by atoms with E-state index < -0.39 is 0 Å². The van der Waals surface area contributed by atoms with Crippen LogP contribution in [0.3, 0.4) is 0 Å². The van der Waals surface area contributed by atoms with Crippen molar-refractivity contribution < 1.29 is 19.1 Å². The third-order valence-corrected chi connectivity index (χ3v) is 3.86. The molecule has 0 atom stereocenters. The van der Waals surface area contributed by atoms with Crippen molar-refractivity contribution in [1.82, 2.24) is 10.6 Å². The molecular weight excluding hydrogens is 380 g/mol. The van der Waals surface area contributed by atoms with Gasteiger partial charge in [0.05, 0.1) is 0 Å². The van der Waals surface area contributed by atoms with E-state index in [1.54, 1.807) is 12.2 Å². The van der Waals surface area contributed by atoms with Gasteiger partial charge in [-0.25, -0.2) is 0 Å². The highest BCUT2D eigenvalue weighted by molar-refractivity contribution is 5.78. The summed E-state index contributed by atoms with van der Waals surface area (Å²) in [5.41, 5.74) is 2.00. The molecule has 156 valence electrons. The fourth-order valence-electron chi connectivity index (χ4n) is 2.31. The maximum absolute atomic E-state index is 11.5. The molecule has 2 amide bonds. The van der Waals surface area contributed by atoms with Crippen molar-refractivity contribution >= 4 is 24.0 Å². The second-order valence-corrected chi connectivity index (χ2v) is 6.23. The third-order valence-electron chi connectivity index (χ3n) is 3.86. The van der Waals surface area contributed by atoms with Gasteiger partial charge in [-0.15, -0.1) is 13.2 Å². The zero-order valence-corrected chi connectivity index (χ0v) is 16.8. The first kappa shape index (κ1) is 22.5. The summed E-state index contributed by atoms with van der Waals surface area (Å²) in [4.78, 5) is 23.0. The van der Waals surface area contributed by atoms with Crippen molar-refractivity contribution in [1.29, 1.82) is 0 Å². The molecule has 2 aromatic rings. The molecule has 0 spiro atoms. The summed E-state index contributed by atoms with van der Waals surface area (Å²) in [6.45, 7) is 7.86. The normalized spacial score (nSPS) is 10.3. The van der Waals surface area contributed by atoms with E-state index in [0.29, 0.717) is 24.6 Å². The number of amides is 2. The zero-order chi connectivity index (χ0) is 21.6. The first-order valence-corrected chi connectivity index (χ1v) is 9.49. The highest BCUT2D eigenvalue weighted by atomic mass is 16.5. The summed E-state index contributed by atoms with van der Waals surface area (Å²) in [7, 11) is 0. The van der Waals surface area contributed by atoms with Crippen molar-refractivity contribution in [2.45, 2.75) is 0 Å². The molecule has 0 heterocycles. The van der Waals surface area contributed by atoms with Crippen molar-refractivity contribution in [3.05, 3.63) is 85.0 Å². The lowest BCUT2D eigenvalue weighted by molar-refractivity contribution is -0.123. The Morgan fingerprint density at radius 3 is 1.40 bits per heavy atom. The Labute approximate surface area is 176 Å². The lowest BCUT2D eigenvalue weighted by Gasteiger charge is -2.07. The van der Waals surface area contributed by atoms with E-state index in [-0.39, 0.29) is 25.0 Å². The highest BCUT2D eigenvalue weighted by Gasteiger charge is 2.02. The fraction of sp³-hybridized carbons (Fsp3) is 0.167. The van der Waals surface area contributed by atoms with E-state index in [0.717, 1.165) is 11.1 Å². The number of ether oxygens (including phenoxy) is 2. The summed E-state index contributed by atoms with van der Waals surface area (Å²) < 4.78 is 10.9. The van der Waals surface area contributed by atoms with Crippen molar-refractivity contribution in [3.8, 4) is 11.5 Å². The molecule has 0 fully saturated rings. The molecule has 0 unspecified atom stereocenters. The van der Waals surface area contributed by atoms with Crippen molar-refractivity contribution in [2.24, 2.45) is 0 Å². The molecule has 6 heteroatoms. The standard InChI is InChI=1S/C24H26N2O4/c1-3-15-25-23(27)17-29-21-11-7-19(8-12-21)5-6-20-9-13-22(14-10-20)30-18-24(28)26-16-4-2/h3-14H,1-2,15-18H2,(H,25,27)(H,26,28)/b6-5+. The summed E-state index contributed by atoms with van der Waals surface area (Å²) in [6, 6.07) is 14.9. The quantitative estimate of drug-likeness (QED) is 0.419. The van der Waals surface area contributed by atoms with Crippen LogP contribution in [0.25, 0.3) is 12.2 Å². The van der Waals surface area contributed by atoms with Gasteiger partial charge >= 0.3 is 0 Å². The monoisotopic (exact) mass is 406 g/mol. The molecule has 2 rings (SSSR count). The summed E-state index contributed by atoms with van der Waals surface area (Å²) in [5.74, 6) is 0.867. The van der Waals surface area contributed by atoms with E-state index in [1.807, 2.05) is 60.7 Å². The smallest absolute Gasteiger partial charge is 0.258 e. The van der Waals surface area contributed by atoms with E-state index in [1.165, 1.54) is 0 Å². The van der Waals surface area contributed by atoms with Gasteiger partial charge in [-0.2, -0.15) is 0 Å². The molecule has 2 aromatic carbocycles. The number of carbonyl (C=O) groups is 2. The molecular formula is C24H26N2O4. The Morgan fingerprint density at radius 1 is 0.700 bits per heavy atom. The van der Waals surface area contributed by atoms with Gasteiger partial charge in [-0.05, 0) is 35.4 Å². The molecule has 0 aliphatic heterocycles. The van der Waals surface area contributed by atoms with Gasteiger partial charge in [0.25, 0.3) is 11.8 Å². The summed E-state index contributed by atoms with van der Waals surface area (Å²) in [6.07, 6.45) is 7.17. The predicted octanol–water partition coefficient (Wildman–Crippen LogP) is 3.22. The molecule has 0 bridgehead atoms. The topological polar surface area (TPSA) is 76.7 Å². The highest BCUT2D eigenvalue weighted by Crippen LogP contribution is 2.16. The summed E-state index contributed by atoms with van der Waals surface area (Å²) in [5, 5.41) is 5.30. The Kier molecular flexibility index (Phi) is 9.46. The van der Waals surface area contributed by atoms with Crippen LogP contribution in [0.4, 0.5) is 0 Å². The molecule has 0 radical (unpaired) electrons. The van der Waals surface area contributed by atoms with Gasteiger partial charge in [0, 0.05) is 13.1 Å². The lowest BCUT2D eigenvalue weighted by atomic mass is 10.1. The molecule has 0 saturated carbocycles. The molecule has 0 aliphatic rings. The van der Waals surface area contributed by atoms with E-state index in [2.05, 4.69) is 23.8 Å². The van der Waals surface area contributed by atoms with Crippen LogP contribution >= 0.6 is 0 Å². The molecule has 0 saturated heterocycles. The second kappa shape index (κ2) is 12.6. The zero-order valence-electron chi connectivity index (χ0n) is 16.8. The SMILES string of the molecule is C=CCNC(=O)COc1ccc(/C=C/c2ccc(OCC(=O)NCC=C)cc2)cc1.